The van der Waals surface area contributed by atoms with E-state index in [1.54, 1.807) is 0 Å². The number of carbonyl (C=O) groups is 6. The molecule has 260 valence electrons. The zero-order valence-electron chi connectivity index (χ0n) is 25.0. The number of carboxylic acids is 2. The number of phenolic OH excluding ortho intramolecular Hbond substituents is 2. The fourth-order valence-corrected chi connectivity index (χ4v) is 8.36. The van der Waals surface area contributed by atoms with Gasteiger partial charge in [-0.2, -0.15) is 0 Å². The van der Waals surface area contributed by atoms with Crippen molar-refractivity contribution in [1.29, 1.82) is 0 Å². The van der Waals surface area contributed by atoms with E-state index in [-0.39, 0.29) is 42.3 Å². The molecule has 4 aliphatic rings. The first kappa shape index (κ1) is 33.9. The number of aromatic nitrogens is 1. The fourth-order valence-electron chi connectivity index (χ4n) is 5.93. The second kappa shape index (κ2) is 12.5. The van der Waals surface area contributed by atoms with Crippen molar-refractivity contribution in [3.8, 4) is 11.5 Å². The molecule has 1 aromatic heterocycles. The van der Waals surface area contributed by atoms with E-state index in [0.717, 1.165) is 45.1 Å². The summed E-state index contributed by atoms with van der Waals surface area (Å²) < 4.78 is 0. The lowest BCUT2D eigenvalue weighted by molar-refractivity contribution is -0.165. The minimum Gasteiger partial charge on any atom is -0.504 e. The van der Waals surface area contributed by atoms with Crippen molar-refractivity contribution < 1.29 is 54.0 Å². The number of carbonyl (C=O) groups excluding carboxylic acids is 4. The number of urea groups is 1. The number of thiazole rings is 1. The number of nitrogen functional groups attached to an aromatic ring is 1. The maximum Gasteiger partial charge on any atom is 0.350 e. The molecule has 3 atom stereocenters. The number of nitrogens with one attached hydrogen (secondary N) is 2. The quantitative estimate of drug-likeness (QED) is 0.0741. The van der Waals surface area contributed by atoms with Crippen LogP contribution in [0, 0.1) is 0 Å². The minimum absolute atomic E-state index is 0.0327. The van der Waals surface area contributed by atoms with Gasteiger partial charge in [-0.3, -0.25) is 24.7 Å². The van der Waals surface area contributed by atoms with Gasteiger partial charge < -0.3 is 41.2 Å². The summed E-state index contributed by atoms with van der Waals surface area (Å²) in [5, 5.41) is 46.9. The van der Waals surface area contributed by atoms with E-state index in [2.05, 4.69) is 20.9 Å². The lowest BCUT2D eigenvalue weighted by Crippen LogP contribution is -2.68. The predicted octanol–water partition coefficient (Wildman–Crippen LogP) is 0.171. The van der Waals surface area contributed by atoms with Crippen molar-refractivity contribution in [2.75, 3.05) is 25.4 Å². The van der Waals surface area contributed by atoms with Gasteiger partial charge in [-0.1, -0.05) is 28.5 Å². The Hall–Kier alpha value is -5.02. The van der Waals surface area contributed by atoms with E-state index in [4.69, 9.17) is 22.2 Å². The Morgan fingerprint density at radius 3 is 2.45 bits per heavy atom. The number of aromatic hydroxyl groups is 2. The molecule has 2 unspecified atom stereocenters. The number of nitrogens with two attached hydrogens (primary N) is 1. The average Bonchev–Trinajstić information content (AvgIpc) is 3.86. The standard InChI is InChI=1S/C27H27ClN8O11S2/c28-14-11(3-4-13(37)17(14)38)18(39)32-36-8-7-35(25(36)46)27(23(44)45)10-34-20(41)16(21(34)49-27)31-19(40)15(12-9-48-24(29)30-12)33-47-26(22(42)43)5-1-2-6-26/h3-4,9,16,21,37-38H,1-2,5-8,10H2,(H2,29,30)(H,31,40)(H,32,39)(H,42,43)(H,44,45)/b33-15-/t16?,21-,27?/m1/s1. The van der Waals surface area contributed by atoms with Crippen LogP contribution in [-0.2, 0) is 24.0 Å². The van der Waals surface area contributed by atoms with Crippen LogP contribution in [0.5, 0.6) is 11.5 Å². The van der Waals surface area contributed by atoms with Gasteiger partial charge in [0.2, 0.25) is 16.4 Å². The molecule has 1 aliphatic carbocycles. The summed E-state index contributed by atoms with van der Waals surface area (Å²) in [6.07, 6.45) is 1.47. The topological polar surface area (TPSA) is 278 Å². The highest BCUT2D eigenvalue weighted by atomic mass is 35.5. The van der Waals surface area contributed by atoms with E-state index >= 15 is 0 Å². The van der Waals surface area contributed by atoms with Crippen LogP contribution in [0.4, 0.5) is 9.93 Å². The van der Waals surface area contributed by atoms with Gasteiger partial charge in [0.1, 0.15) is 17.1 Å². The maximum absolute atomic E-state index is 13.5. The van der Waals surface area contributed by atoms with E-state index < -0.39 is 86.4 Å². The number of amides is 5. The van der Waals surface area contributed by atoms with Gasteiger partial charge in [-0.05, 0) is 25.0 Å². The molecule has 49 heavy (non-hydrogen) atoms. The predicted molar refractivity (Wildman–Crippen MR) is 169 cm³/mol. The van der Waals surface area contributed by atoms with Crippen LogP contribution in [-0.4, -0.2) is 123 Å². The molecule has 3 aliphatic heterocycles. The van der Waals surface area contributed by atoms with E-state index in [0.29, 0.717) is 12.8 Å². The summed E-state index contributed by atoms with van der Waals surface area (Å²) >= 11 is 7.67. The summed E-state index contributed by atoms with van der Waals surface area (Å²) in [5.41, 5.74) is 5.65. The van der Waals surface area contributed by atoms with Gasteiger partial charge in [0.25, 0.3) is 11.8 Å². The summed E-state index contributed by atoms with van der Waals surface area (Å²) in [6.45, 7) is -0.777. The first-order chi connectivity index (χ1) is 23.2. The molecule has 4 heterocycles. The number of aliphatic carboxylic acids is 2. The maximum atomic E-state index is 13.5. The number of oxime groups is 1. The zero-order valence-corrected chi connectivity index (χ0v) is 27.4. The number of nitrogens with zero attached hydrogens (tertiary/aromatic N) is 5. The highest BCUT2D eigenvalue weighted by Gasteiger charge is 2.66. The van der Waals surface area contributed by atoms with Gasteiger partial charge >= 0.3 is 18.0 Å². The lowest BCUT2D eigenvalue weighted by Gasteiger charge is -2.41. The number of benzene rings is 1. The highest BCUT2D eigenvalue weighted by molar-refractivity contribution is 8.02. The highest BCUT2D eigenvalue weighted by Crippen LogP contribution is 2.49. The monoisotopic (exact) mass is 738 g/mol. The Kier molecular flexibility index (Phi) is 8.61. The molecular weight excluding hydrogens is 712 g/mol. The van der Waals surface area contributed by atoms with Gasteiger partial charge in [0, 0.05) is 24.8 Å². The van der Waals surface area contributed by atoms with E-state index in [9.17, 15) is 49.2 Å². The molecular formula is C27H27ClN8O11S2. The number of rotatable bonds is 10. The molecule has 6 rings (SSSR count). The molecule has 0 bridgehead atoms. The number of hydrogen-bond donors (Lipinski definition) is 7. The second-order valence-electron chi connectivity index (χ2n) is 11.4. The summed E-state index contributed by atoms with van der Waals surface area (Å²) in [7, 11) is 0. The van der Waals surface area contributed by atoms with Crippen LogP contribution in [0.25, 0.3) is 0 Å². The summed E-state index contributed by atoms with van der Waals surface area (Å²) in [6, 6.07) is -0.0376. The van der Waals surface area contributed by atoms with Gasteiger partial charge in [-0.25, -0.2) is 24.4 Å². The molecule has 5 amide bonds. The lowest BCUT2D eigenvalue weighted by atomic mass is 10.0. The Morgan fingerprint density at radius 1 is 1.10 bits per heavy atom. The summed E-state index contributed by atoms with van der Waals surface area (Å²) in [5.74, 6) is -6.55. The Morgan fingerprint density at radius 2 is 1.82 bits per heavy atom. The number of carboxylic acid groups (broad SMARTS) is 2. The molecule has 4 fully saturated rings. The summed E-state index contributed by atoms with van der Waals surface area (Å²) in [4.78, 5) is 87.3. The van der Waals surface area contributed by atoms with Crippen molar-refractivity contribution in [2.24, 2.45) is 5.16 Å². The first-order valence-corrected chi connectivity index (χ1v) is 16.7. The third-order valence-corrected chi connectivity index (χ3v) is 11.3. The third-order valence-electron chi connectivity index (χ3n) is 8.58. The Balaban J connectivity index is 1.18. The molecule has 8 N–H and O–H groups in total. The number of anilines is 1. The number of fused-ring (bicyclic) bond motifs is 1. The first-order valence-electron chi connectivity index (χ1n) is 14.5. The van der Waals surface area contributed by atoms with Crippen molar-refractivity contribution in [2.45, 2.75) is 47.6 Å². The van der Waals surface area contributed by atoms with E-state index in [1.807, 2.05) is 0 Å². The number of hydrazine groups is 1. The SMILES string of the molecule is Nc1nc(/C(=N/OC2(C(=O)O)CCCC2)C(=O)NC2C(=O)N3CC(C(=O)O)(N4CCN(NC(=O)c5ccc(O)c(O)c5Cl)C4=O)S[C@H]23)cs1. The molecule has 1 aromatic carbocycles. The van der Waals surface area contributed by atoms with E-state index in [1.165, 1.54) is 10.3 Å². The molecule has 1 saturated carbocycles. The number of halogens is 1. The largest absolute Gasteiger partial charge is 0.504 e. The van der Waals surface area contributed by atoms with Crippen LogP contribution in [0.3, 0.4) is 0 Å². The zero-order chi connectivity index (χ0) is 35.4. The van der Waals surface area contributed by atoms with Crippen LogP contribution >= 0.6 is 34.7 Å². The van der Waals surface area contributed by atoms with Crippen LogP contribution in [0.1, 0.15) is 41.7 Å². The number of thioether (sulfide) groups is 1. The smallest absolute Gasteiger partial charge is 0.350 e. The van der Waals surface area contributed by atoms with Gasteiger partial charge in [0.15, 0.2) is 22.3 Å². The third kappa shape index (κ3) is 5.65. The van der Waals surface area contributed by atoms with Crippen LogP contribution in [0.2, 0.25) is 5.02 Å². The molecule has 3 saturated heterocycles. The van der Waals surface area contributed by atoms with Crippen molar-refractivity contribution >= 4 is 81.2 Å². The second-order valence-corrected chi connectivity index (χ2v) is 14.1. The van der Waals surface area contributed by atoms with Crippen molar-refractivity contribution in [3.63, 3.8) is 0 Å². The Labute approximate surface area is 288 Å². The molecule has 0 radical (unpaired) electrons. The molecule has 0 spiro atoms. The molecule has 2 aromatic rings. The molecule has 19 nitrogen and oxygen atoms in total. The fraction of sp³-hybridized carbons (Fsp3) is 0.407. The van der Waals surface area contributed by atoms with Crippen LogP contribution in [0.15, 0.2) is 22.7 Å². The van der Waals surface area contributed by atoms with Crippen LogP contribution < -0.4 is 16.5 Å². The normalized spacial score (nSPS) is 24.4. The average molecular weight is 739 g/mol. The van der Waals surface area contributed by atoms with Gasteiger partial charge in [-0.15, -0.1) is 11.3 Å². The molecule has 22 heteroatoms. The Bertz CT molecular complexity index is 1820. The number of phenols is 2. The number of β-lactam (4-membered cyclic amide) rings is 1. The van der Waals surface area contributed by atoms with Crippen molar-refractivity contribution in [1.82, 2.24) is 30.5 Å². The number of hydrogen-bond acceptors (Lipinski definition) is 14. The van der Waals surface area contributed by atoms with Crippen molar-refractivity contribution in [3.05, 3.63) is 33.8 Å². The van der Waals surface area contributed by atoms with Gasteiger partial charge in [0.05, 0.1) is 23.7 Å². The minimum atomic E-state index is -2.01.